The lowest BCUT2D eigenvalue weighted by Crippen LogP contribution is -2.35. The van der Waals surface area contributed by atoms with Gasteiger partial charge in [-0.05, 0) is 55.0 Å². The van der Waals surface area contributed by atoms with E-state index in [1.54, 1.807) is 6.08 Å². The highest BCUT2D eigenvalue weighted by molar-refractivity contribution is 5.92. The average molecular weight is 418 g/mol. The van der Waals surface area contributed by atoms with Crippen molar-refractivity contribution in [2.75, 3.05) is 13.3 Å². The molecular weight excluding hydrogens is 392 g/mol. The van der Waals surface area contributed by atoms with E-state index < -0.39 is 5.41 Å². The lowest BCUT2D eigenvalue weighted by atomic mass is 9.86. The van der Waals surface area contributed by atoms with E-state index in [0.717, 1.165) is 41.8 Å². The molecule has 6 heteroatoms. The first-order chi connectivity index (χ1) is 15.2. The monoisotopic (exact) mass is 418 g/mol. The summed E-state index contributed by atoms with van der Waals surface area (Å²) in [6, 6.07) is 5.74. The molecule has 1 amide bonds. The van der Waals surface area contributed by atoms with Crippen molar-refractivity contribution in [1.82, 2.24) is 5.32 Å². The third-order valence-electron chi connectivity index (χ3n) is 6.01. The Balaban J connectivity index is 1.50. The molecule has 1 saturated carbocycles. The summed E-state index contributed by atoms with van der Waals surface area (Å²) in [5.74, 6) is 1.49. The van der Waals surface area contributed by atoms with Gasteiger partial charge in [0.25, 0.3) is 0 Å². The minimum absolute atomic E-state index is 0.00776. The molecule has 1 N–H and O–H groups in total. The van der Waals surface area contributed by atoms with Gasteiger partial charge in [-0.15, -0.1) is 0 Å². The van der Waals surface area contributed by atoms with Gasteiger partial charge in [0.05, 0.1) is 12.0 Å². The van der Waals surface area contributed by atoms with Gasteiger partial charge in [0.2, 0.25) is 12.7 Å². The summed E-state index contributed by atoms with van der Waals surface area (Å²) >= 11 is 0. The number of allylic oxidation sites excluding steroid dienone is 8. The third-order valence-corrected chi connectivity index (χ3v) is 6.01. The van der Waals surface area contributed by atoms with Gasteiger partial charge in [0.15, 0.2) is 11.5 Å². The zero-order chi connectivity index (χ0) is 21.7. The first-order valence-electron chi connectivity index (χ1n) is 10.5. The number of benzene rings is 1. The Labute approximate surface area is 182 Å². The van der Waals surface area contributed by atoms with Crippen LogP contribution in [0, 0.1) is 10.8 Å². The molecule has 0 spiro atoms. The minimum Gasteiger partial charge on any atom is -0.454 e. The van der Waals surface area contributed by atoms with Crippen LogP contribution in [0.5, 0.6) is 11.5 Å². The van der Waals surface area contributed by atoms with Crippen LogP contribution in [-0.4, -0.2) is 19.2 Å². The van der Waals surface area contributed by atoms with Gasteiger partial charge in [0, 0.05) is 11.6 Å². The van der Waals surface area contributed by atoms with Crippen molar-refractivity contribution < 1.29 is 14.3 Å². The Kier molecular flexibility index (Phi) is 6.16. The second-order valence-electron chi connectivity index (χ2n) is 7.99. The number of hydrogen-bond donors (Lipinski definition) is 1. The standard InChI is InChI=1S/C25H26N2O4/c1-2-3-4-5-6-7-18-14-21(10-8-19(18)16-26-29)27-24(28)25(12-13-25)20-9-11-22-23(15-20)31-17-30-22/h2-7,9,11,14-15,19H,1,8,10,12-13,16-17H2,(H,27,28)/b4-3-,6-5-,18-7-. The molecule has 160 valence electrons. The van der Waals surface area contributed by atoms with Gasteiger partial charge in [-0.2, -0.15) is 4.91 Å². The number of nitroso groups, excluding NO2 is 1. The van der Waals surface area contributed by atoms with Gasteiger partial charge in [-0.3, -0.25) is 4.79 Å². The molecule has 1 unspecified atom stereocenters. The molecule has 1 aromatic rings. The Morgan fingerprint density at radius 2 is 2.00 bits per heavy atom. The molecular formula is C25H26N2O4. The molecule has 3 aliphatic rings. The number of carbonyl (C=O) groups excluding carboxylic acids is 1. The normalized spacial score (nSPS) is 22.5. The summed E-state index contributed by atoms with van der Waals surface area (Å²) in [4.78, 5) is 24.0. The highest BCUT2D eigenvalue weighted by Crippen LogP contribution is 2.50. The Hall–Kier alpha value is -3.41. The molecule has 6 nitrogen and oxygen atoms in total. The minimum atomic E-state index is -0.512. The highest BCUT2D eigenvalue weighted by Gasteiger charge is 2.51. The van der Waals surface area contributed by atoms with Crippen molar-refractivity contribution in [3.05, 3.63) is 89.1 Å². The molecule has 0 saturated heterocycles. The Morgan fingerprint density at radius 1 is 1.19 bits per heavy atom. The molecule has 1 heterocycles. The van der Waals surface area contributed by atoms with E-state index in [-0.39, 0.29) is 25.2 Å². The summed E-state index contributed by atoms with van der Waals surface area (Å²) in [6.07, 6.45) is 16.3. The number of fused-ring (bicyclic) bond motifs is 1. The van der Waals surface area contributed by atoms with Crippen LogP contribution in [0.25, 0.3) is 0 Å². The summed E-state index contributed by atoms with van der Waals surface area (Å²) in [6.45, 7) is 4.09. The largest absolute Gasteiger partial charge is 0.454 e. The molecule has 4 rings (SSSR count). The summed E-state index contributed by atoms with van der Waals surface area (Å²) < 4.78 is 10.9. The first-order valence-corrected chi connectivity index (χ1v) is 10.5. The van der Waals surface area contributed by atoms with Crippen molar-refractivity contribution >= 4 is 5.91 Å². The molecule has 0 radical (unpaired) electrons. The van der Waals surface area contributed by atoms with Crippen LogP contribution in [0.4, 0.5) is 0 Å². The number of carbonyl (C=O) groups is 1. The van der Waals surface area contributed by atoms with E-state index in [4.69, 9.17) is 9.47 Å². The van der Waals surface area contributed by atoms with Crippen LogP contribution in [-0.2, 0) is 10.2 Å². The second-order valence-corrected chi connectivity index (χ2v) is 7.99. The van der Waals surface area contributed by atoms with Crippen LogP contribution in [0.15, 0.2) is 83.8 Å². The molecule has 2 aliphatic carbocycles. The fourth-order valence-corrected chi connectivity index (χ4v) is 4.06. The van der Waals surface area contributed by atoms with E-state index in [1.807, 2.05) is 54.7 Å². The van der Waals surface area contributed by atoms with Gasteiger partial charge in [-0.25, -0.2) is 0 Å². The summed E-state index contributed by atoms with van der Waals surface area (Å²) in [7, 11) is 0. The number of nitrogens with zero attached hydrogens (tertiary/aromatic N) is 1. The van der Waals surface area contributed by atoms with E-state index in [2.05, 4.69) is 17.1 Å². The maximum absolute atomic E-state index is 13.2. The molecule has 1 atom stereocenters. The number of rotatable bonds is 8. The number of ether oxygens (including phenoxy) is 2. The zero-order valence-corrected chi connectivity index (χ0v) is 17.4. The maximum atomic E-state index is 13.2. The number of nitrogens with one attached hydrogen (secondary N) is 1. The summed E-state index contributed by atoms with van der Waals surface area (Å²) in [5, 5.41) is 6.23. The van der Waals surface area contributed by atoms with Crippen LogP contribution >= 0.6 is 0 Å². The van der Waals surface area contributed by atoms with Crippen molar-refractivity contribution in [3.63, 3.8) is 0 Å². The van der Waals surface area contributed by atoms with Crippen molar-refractivity contribution in [1.29, 1.82) is 0 Å². The quantitative estimate of drug-likeness (QED) is 0.484. The maximum Gasteiger partial charge on any atom is 0.234 e. The zero-order valence-electron chi connectivity index (χ0n) is 17.4. The topological polar surface area (TPSA) is 77.0 Å². The predicted molar refractivity (Wildman–Crippen MR) is 120 cm³/mol. The average Bonchev–Trinajstić information content (AvgIpc) is 3.46. The molecule has 0 bridgehead atoms. The Morgan fingerprint density at radius 3 is 2.77 bits per heavy atom. The highest BCUT2D eigenvalue weighted by atomic mass is 16.7. The smallest absolute Gasteiger partial charge is 0.234 e. The van der Waals surface area contributed by atoms with Crippen LogP contribution in [0.2, 0.25) is 0 Å². The molecule has 31 heavy (non-hydrogen) atoms. The van der Waals surface area contributed by atoms with E-state index in [1.165, 1.54) is 0 Å². The molecule has 1 aliphatic heterocycles. The SMILES string of the molecule is C=C\C=C/C=C\C=C1\C=C(NC(=O)C2(c3ccc4c(c3)OCO4)CC2)CCC1CN=O. The van der Waals surface area contributed by atoms with Crippen LogP contribution in [0.3, 0.4) is 0 Å². The van der Waals surface area contributed by atoms with Gasteiger partial charge in [0.1, 0.15) is 0 Å². The fourth-order valence-electron chi connectivity index (χ4n) is 4.06. The van der Waals surface area contributed by atoms with Crippen LogP contribution in [0.1, 0.15) is 31.2 Å². The van der Waals surface area contributed by atoms with Gasteiger partial charge >= 0.3 is 0 Å². The number of amides is 1. The lowest BCUT2D eigenvalue weighted by molar-refractivity contribution is -0.122. The molecule has 0 aromatic heterocycles. The lowest BCUT2D eigenvalue weighted by Gasteiger charge is -2.25. The van der Waals surface area contributed by atoms with E-state index >= 15 is 0 Å². The van der Waals surface area contributed by atoms with Gasteiger partial charge < -0.3 is 14.8 Å². The van der Waals surface area contributed by atoms with Gasteiger partial charge in [-0.1, -0.05) is 54.3 Å². The molecule has 1 aromatic carbocycles. The van der Waals surface area contributed by atoms with Crippen molar-refractivity contribution in [2.24, 2.45) is 11.1 Å². The Bertz CT molecular complexity index is 999. The van der Waals surface area contributed by atoms with E-state index in [9.17, 15) is 9.70 Å². The summed E-state index contributed by atoms with van der Waals surface area (Å²) in [5.41, 5.74) is 2.32. The second kappa shape index (κ2) is 9.16. The number of hydrogen-bond acceptors (Lipinski definition) is 5. The predicted octanol–water partition coefficient (Wildman–Crippen LogP) is 4.85. The fraction of sp³-hybridized carbons (Fsp3) is 0.320. The van der Waals surface area contributed by atoms with Crippen molar-refractivity contribution in [3.8, 4) is 11.5 Å². The van der Waals surface area contributed by atoms with Crippen LogP contribution < -0.4 is 14.8 Å². The van der Waals surface area contributed by atoms with E-state index in [0.29, 0.717) is 12.2 Å². The van der Waals surface area contributed by atoms with Crippen molar-refractivity contribution in [2.45, 2.75) is 31.1 Å². The molecule has 1 fully saturated rings. The third kappa shape index (κ3) is 4.53. The first kappa shape index (κ1) is 20.8.